The summed E-state index contributed by atoms with van der Waals surface area (Å²) >= 11 is 0. The van der Waals surface area contributed by atoms with E-state index in [-0.39, 0.29) is 29.6 Å². The average Bonchev–Trinajstić information content (AvgIpc) is 2.84. The first-order valence-corrected chi connectivity index (χ1v) is 10.8. The van der Waals surface area contributed by atoms with E-state index < -0.39 is 5.92 Å². The molecule has 5 saturated carbocycles. The van der Waals surface area contributed by atoms with Gasteiger partial charge in [-0.25, -0.2) is 0 Å². The Hall–Kier alpha value is -1.06. The van der Waals surface area contributed by atoms with Gasteiger partial charge >= 0.3 is 11.9 Å². The molecule has 4 unspecified atom stereocenters. The van der Waals surface area contributed by atoms with E-state index in [0.717, 1.165) is 24.7 Å². The van der Waals surface area contributed by atoms with Crippen LogP contribution in [0.25, 0.3) is 0 Å². The third-order valence-corrected chi connectivity index (χ3v) is 8.69. The standard InChI is InChI=1S/C22H32O4/c1-11(2)22(16-6-13-5-14(8-16)9-17(22)7-13)26-21(24)19-15-4-12(3)18(10-15)25-20(19)23/h11-19H,4-10H2,1-3H3. The molecule has 0 amide bonds. The van der Waals surface area contributed by atoms with Crippen molar-refractivity contribution in [1.82, 2.24) is 0 Å². The Morgan fingerprint density at radius 1 is 1.04 bits per heavy atom. The van der Waals surface area contributed by atoms with Crippen molar-refractivity contribution in [2.45, 2.75) is 77.4 Å². The lowest BCUT2D eigenvalue weighted by atomic mass is 9.47. The van der Waals surface area contributed by atoms with Gasteiger partial charge in [-0.1, -0.05) is 20.8 Å². The molecule has 6 fully saturated rings. The molecular formula is C22H32O4. The molecular weight excluding hydrogens is 328 g/mol. The molecule has 4 nitrogen and oxygen atoms in total. The van der Waals surface area contributed by atoms with Crippen LogP contribution in [-0.4, -0.2) is 23.6 Å². The lowest BCUT2D eigenvalue weighted by molar-refractivity contribution is -0.231. The fourth-order valence-electron chi connectivity index (χ4n) is 7.78. The normalized spacial score (nSPS) is 51.6. The summed E-state index contributed by atoms with van der Waals surface area (Å²) in [6, 6.07) is 0. The fraction of sp³-hybridized carbons (Fsp3) is 0.909. The summed E-state index contributed by atoms with van der Waals surface area (Å²) < 4.78 is 12.0. The zero-order valence-electron chi connectivity index (χ0n) is 16.3. The van der Waals surface area contributed by atoms with Gasteiger partial charge in [0.2, 0.25) is 0 Å². The van der Waals surface area contributed by atoms with Crippen molar-refractivity contribution in [3.8, 4) is 0 Å². The van der Waals surface area contributed by atoms with Crippen molar-refractivity contribution < 1.29 is 19.1 Å². The highest BCUT2D eigenvalue weighted by atomic mass is 16.6. The lowest BCUT2D eigenvalue weighted by Crippen LogP contribution is -2.63. The van der Waals surface area contributed by atoms with E-state index in [4.69, 9.17) is 9.47 Å². The van der Waals surface area contributed by atoms with Crippen molar-refractivity contribution in [2.75, 3.05) is 0 Å². The van der Waals surface area contributed by atoms with E-state index in [1.807, 2.05) is 0 Å². The maximum atomic E-state index is 13.3. The minimum atomic E-state index is -0.691. The smallest absolute Gasteiger partial charge is 0.321 e. The topological polar surface area (TPSA) is 52.6 Å². The number of fused-ring (bicyclic) bond motifs is 2. The summed E-state index contributed by atoms with van der Waals surface area (Å²) in [6.45, 7) is 6.55. The van der Waals surface area contributed by atoms with E-state index in [0.29, 0.717) is 23.7 Å². The number of hydrogen-bond donors (Lipinski definition) is 0. The molecule has 4 atom stereocenters. The molecule has 1 saturated heterocycles. The Balaban J connectivity index is 1.41. The second-order valence-electron chi connectivity index (χ2n) is 10.4. The molecule has 6 bridgehead atoms. The summed E-state index contributed by atoms with van der Waals surface area (Å²) in [4.78, 5) is 25.8. The highest BCUT2D eigenvalue weighted by molar-refractivity contribution is 5.96. The number of hydrogen-bond acceptors (Lipinski definition) is 4. The molecule has 0 N–H and O–H groups in total. The van der Waals surface area contributed by atoms with Crippen LogP contribution < -0.4 is 0 Å². The average molecular weight is 360 g/mol. The van der Waals surface area contributed by atoms with Crippen LogP contribution >= 0.6 is 0 Å². The van der Waals surface area contributed by atoms with Gasteiger partial charge in [-0.3, -0.25) is 9.59 Å². The van der Waals surface area contributed by atoms with Gasteiger partial charge in [0.25, 0.3) is 0 Å². The number of carbonyl (C=O) groups is 2. The zero-order chi connectivity index (χ0) is 18.2. The Morgan fingerprint density at radius 2 is 1.65 bits per heavy atom. The van der Waals surface area contributed by atoms with Gasteiger partial charge in [0.05, 0.1) is 0 Å². The molecule has 5 aliphatic carbocycles. The molecule has 4 heteroatoms. The lowest BCUT2D eigenvalue weighted by Gasteiger charge is -2.62. The molecule has 0 aromatic carbocycles. The second-order valence-corrected chi connectivity index (χ2v) is 10.4. The van der Waals surface area contributed by atoms with Gasteiger partial charge < -0.3 is 9.47 Å². The largest absolute Gasteiger partial charge is 0.461 e. The Labute approximate surface area is 156 Å². The van der Waals surface area contributed by atoms with E-state index in [9.17, 15) is 9.59 Å². The molecule has 6 aliphatic rings. The number of rotatable bonds is 3. The molecule has 6 rings (SSSR count). The Kier molecular flexibility index (Phi) is 3.75. The van der Waals surface area contributed by atoms with E-state index in [1.165, 1.54) is 32.1 Å². The summed E-state index contributed by atoms with van der Waals surface area (Å²) in [5.74, 6) is 2.11. The van der Waals surface area contributed by atoms with E-state index in [1.54, 1.807) is 0 Å². The van der Waals surface area contributed by atoms with Crippen LogP contribution in [0.15, 0.2) is 0 Å². The third-order valence-electron chi connectivity index (χ3n) is 8.69. The third kappa shape index (κ3) is 2.26. The monoisotopic (exact) mass is 360 g/mol. The van der Waals surface area contributed by atoms with Gasteiger partial charge in [-0.15, -0.1) is 0 Å². The molecule has 1 heterocycles. The van der Waals surface area contributed by atoms with Crippen LogP contribution in [0, 0.1) is 47.3 Å². The van der Waals surface area contributed by atoms with Gasteiger partial charge in [-0.2, -0.15) is 0 Å². The van der Waals surface area contributed by atoms with Crippen LogP contribution in [-0.2, 0) is 19.1 Å². The number of ether oxygens (including phenoxy) is 2. The maximum Gasteiger partial charge on any atom is 0.321 e. The summed E-state index contributed by atoms with van der Waals surface area (Å²) in [6.07, 6.45) is 7.95. The van der Waals surface area contributed by atoms with E-state index >= 15 is 0 Å². The van der Waals surface area contributed by atoms with Crippen molar-refractivity contribution in [1.29, 1.82) is 0 Å². The Bertz CT molecular complexity index is 594. The highest BCUT2D eigenvalue weighted by Gasteiger charge is 2.62. The molecule has 144 valence electrons. The van der Waals surface area contributed by atoms with Crippen molar-refractivity contribution in [3.05, 3.63) is 0 Å². The van der Waals surface area contributed by atoms with Crippen LogP contribution in [0.5, 0.6) is 0 Å². The molecule has 1 aliphatic heterocycles. The van der Waals surface area contributed by atoms with Crippen molar-refractivity contribution in [2.24, 2.45) is 47.3 Å². The first kappa shape index (κ1) is 17.1. The quantitative estimate of drug-likeness (QED) is 0.564. The van der Waals surface area contributed by atoms with Gasteiger partial charge in [-0.05, 0) is 86.4 Å². The summed E-state index contributed by atoms with van der Waals surface area (Å²) in [5.41, 5.74) is -0.355. The van der Waals surface area contributed by atoms with E-state index in [2.05, 4.69) is 20.8 Å². The maximum absolute atomic E-state index is 13.3. The van der Waals surface area contributed by atoms with Gasteiger partial charge in [0, 0.05) is 0 Å². The van der Waals surface area contributed by atoms with Crippen LogP contribution in [0.1, 0.15) is 65.7 Å². The zero-order valence-corrected chi connectivity index (χ0v) is 16.3. The molecule has 0 aromatic heterocycles. The number of esters is 2. The van der Waals surface area contributed by atoms with Crippen LogP contribution in [0.3, 0.4) is 0 Å². The second kappa shape index (κ2) is 5.72. The van der Waals surface area contributed by atoms with Gasteiger partial charge in [0.15, 0.2) is 5.92 Å². The first-order valence-electron chi connectivity index (χ1n) is 10.8. The molecule has 0 spiro atoms. The predicted molar refractivity (Wildman–Crippen MR) is 96.0 cm³/mol. The predicted octanol–water partition coefficient (Wildman–Crippen LogP) is 3.97. The molecule has 0 radical (unpaired) electrons. The van der Waals surface area contributed by atoms with Crippen LogP contribution in [0.4, 0.5) is 0 Å². The first-order chi connectivity index (χ1) is 12.4. The SMILES string of the molecule is CC1CC2CC1OC(=O)C2C(=O)OC1(C(C)C)C2CC3CC(C2)CC1C3. The summed E-state index contributed by atoms with van der Waals surface area (Å²) in [7, 11) is 0. The fourth-order valence-corrected chi connectivity index (χ4v) is 7.78. The molecule has 0 aromatic rings. The minimum absolute atomic E-state index is 0.0109. The summed E-state index contributed by atoms with van der Waals surface area (Å²) in [5, 5.41) is 0. The van der Waals surface area contributed by atoms with Gasteiger partial charge in [0.1, 0.15) is 11.7 Å². The highest BCUT2D eigenvalue weighted by Crippen LogP contribution is 2.62. The number of carbonyl (C=O) groups excluding carboxylic acids is 2. The Morgan fingerprint density at radius 3 is 2.23 bits per heavy atom. The molecule has 26 heavy (non-hydrogen) atoms. The van der Waals surface area contributed by atoms with Crippen LogP contribution in [0.2, 0.25) is 0 Å². The van der Waals surface area contributed by atoms with Crippen molar-refractivity contribution in [3.63, 3.8) is 0 Å². The van der Waals surface area contributed by atoms with Crippen molar-refractivity contribution >= 4 is 11.9 Å². The minimum Gasteiger partial charge on any atom is -0.461 e.